The summed E-state index contributed by atoms with van der Waals surface area (Å²) in [7, 11) is -3.11. The van der Waals surface area contributed by atoms with Crippen molar-refractivity contribution in [1.82, 2.24) is 9.55 Å². The van der Waals surface area contributed by atoms with Crippen LogP contribution in [0.4, 0.5) is 0 Å². The van der Waals surface area contributed by atoms with Crippen molar-refractivity contribution in [3.63, 3.8) is 0 Å². The molecule has 0 amide bonds. The van der Waals surface area contributed by atoms with Crippen LogP contribution in [-0.2, 0) is 21.2 Å². The van der Waals surface area contributed by atoms with E-state index in [-0.39, 0.29) is 5.75 Å². The molecule has 0 aliphatic carbocycles. The molecule has 1 saturated heterocycles. The zero-order valence-electron chi connectivity index (χ0n) is 10.4. The number of carboxylic acid groups (broad SMARTS) is 1. The molecule has 104 valence electrons. The number of carbonyl (C=O) groups is 1. The molecule has 3 rings (SSSR count). The van der Waals surface area contributed by atoms with Crippen LogP contribution in [0.2, 0.25) is 0 Å². The molecule has 2 unspecified atom stereocenters. The van der Waals surface area contributed by atoms with Gasteiger partial charge in [0.05, 0.1) is 17.4 Å². The molecule has 1 aromatic rings. The number of nitrogens with zero attached hydrogens (tertiary/aromatic N) is 2. The lowest BCUT2D eigenvalue weighted by atomic mass is 9.96. The highest BCUT2D eigenvalue weighted by molar-refractivity contribution is 7.91. The second kappa shape index (κ2) is 4.33. The zero-order chi connectivity index (χ0) is 13.6. The quantitative estimate of drug-likeness (QED) is 0.878. The van der Waals surface area contributed by atoms with Crippen LogP contribution in [0.5, 0.6) is 0 Å². The molecular weight excluding hydrogens is 268 g/mol. The minimum absolute atomic E-state index is 0.211. The first kappa shape index (κ1) is 12.7. The van der Waals surface area contributed by atoms with Gasteiger partial charge in [-0.2, -0.15) is 0 Å². The Bertz CT molecular complexity index is 620. The van der Waals surface area contributed by atoms with Crippen LogP contribution in [0, 0.1) is 0 Å². The molecule has 2 aliphatic heterocycles. The fourth-order valence-corrected chi connectivity index (χ4v) is 5.00. The molecule has 0 saturated carbocycles. The van der Waals surface area contributed by atoms with Crippen LogP contribution in [-0.4, -0.2) is 34.8 Å². The second-order valence-electron chi connectivity index (χ2n) is 5.22. The third-order valence-electron chi connectivity index (χ3n) is 4.06. The Morgan fingerprint density at radius 1 is 1.37 bits per heavy atom. The van der Waals surface area contributed by atoms with Gasteiger partial charge >= 0.3 is 5.97 Å². The van der Waals surface area contributed by atoms with Crippen molar-refractivity contribution in [3.8, 4) is 0 Å². The highest BCUT2D eigenvalue weighted by Gasteiger charge is 2.38. The number of sulfone groups is 1. The summed E-state index contributed by atoms with van der Waals surface area (Å²) in [6.45, 7) is 0.667. The predicted octanol–water partition coefficient (Wildman–Crippen LogP) is 1.09. The molecule has 0 spiro atoms. The maximum atomic E-state index is 12.0. The van der Waals surface area contributed by atoms with Crippen LogP contribution >= 0.6 is 0 Å². The van der Waals surface area contributed by atoms with Gasteiger partial charge in [-0.05, 0) is 25.7 Å². The van der Waals surface area contributed by atoms with Gasteiger partial charge in [0, 0.05) is 12.7 Å². The van der Waals surface area contributed by atoms with Crippen LogP contribution in [0.15, 0.2) is 6.20 Å². The first-order valence-corrected chi connectivity index (χ1v) is 8.22. The Morgan fingerprint density at radius 2 is 2.16 bits per heavy atom. The summed E-state index contributed by atoms with van der Waals surface area (Å²) < 4.78 is 25.8. The van der Waals surface area contributed by atoms with Crippen molar-refractivity contribution < 1.29 is 18.3 Å². The molecule has 7 heteroatoms. The van der Waals surface area contributed by atoms with Crippen molar-refractivity contribution in [2.45, 2.75) is 43.4 Å². The summed E-state index contributed by atoms with van der Waals surface area (Å²) in [6, 6.07) is 0. The average Bonchev–Trinajstić information content (AvgIpc) is 2.91. The molecule has 0 bridgehead atoms. The topological polar surface area (TPSA) is 89.3 Å². The third kappa shape index (κ3) is 1.96. The summed E-state index contributed by atoms with van der Waals surface area (Å²) in [5, 5.41) is 8.66. The fraction of sp³-hybridized carbons (Fsp3) is 0.667. The van der Waals surface area contributed by atoms with E-state index in [4.69, 9.17) is 0 Å². The molecule has 2 atom stereocenters. The molecule has 0 radical (unpaired) electrons. The van der Waals surface area contributed by atoms with E-state index in [9.17, 15) is 18.3 Å². The summed E-state index contributed by atoms with van der Waals surface area (Å²) in [4.78, 5) is 15.4. The Morgan fingerprint density at radius 3 is 2.79 bits per heavy atom. The van der Waals surface area contributed by atoms with E-state index in [1.165, 1.54) is 0 Å². The van der Waals surface area contributed by atoms with Crippen molar-refractivity contribution in [2.24, 2.45) is 0 Å². The van der Waals surface area contributed by atoms with Crippen LogP contribution in [0.3, 0.4) is 0 Å². The largest absolute Gasteiger partial charge is 0.481 e. The van der Waals surface area contributed by atoms with Crippen molar-refractivity contribution in [3.05, 3.63) is 17.7 Å². The zero-order valence-corrected chi connectivity index (χ0v) is 11.3. The van der Waals surface area contributed by atoms with E-state index < -0.39 is 27.0 Å². The number of fused-ring (bicyclic) bond motifs is 1. The standard InChI is InChI=1S/C12H16N2O4S/c15-12(16)8-3-1-5-14-9(8)7-13-11(14)10-4-2-6-19(10,17)18/h7-8,10H,1-6H2,(H,15,16). The van der Waals surface area contributed by atoms with Crippen LogP contribution in [0.25, 0.3) is 0 Å². The first-order valence-electron chi connectivity index (χ1n) is 6.50. The highest BCUT2D eigenvalue weighted by atomic mass is 32.2. The van der Waals surface area contributed by atoms with Gasteiger partial charge in [0.1, 0.15) is 11.1 Å². The lowest BCUT2D eigenvalue weighted by molar-refractivity contribution is -0.139. The number of rotatable bonds is 2. The second-order valence-corrected chi connectivity index (χ2v) is 7.53. The molecule has 3 heterocycles. The summed E-state index contributed by atoms with van der Waals surface area (Å²) in [6.07, 6.45) is 4.15. The summed E-state index contributed by atoms with van der Waals surface area (Å²) in [5.74, 6) is -0.665. The molecule has 1 N–H and O–H groups in total. The average molecular weight is 284 g/mol. The smallest absolute Gasteiger partial charge is 0.312 e. The number of aliphatic carboxylic acids is 1. The number of aromatic nitrogens is 2. The van der Waals surface area contributed by atoms with Gasteiger partial charge in [-0.15, -0.1) is 0 Å². The van der Waals surface area contributed by atoms with E-state index in [0.29, 0.717) is 37.3 Å². The summed E-state index contributed by atoms with van der Waals surface area (Å²) in [5.41, 5.74) is 0.649. The van der Waals surface area contributed by atoms with Gasteiger partial charge in [0.2, 0.25) is 0 Å². The predicted molar refractivity (Wildman–Crippen MR) is 67.6 cm³/mol. The van der Waals surface area contributed by atoms with E-state index in [1.54, 1.807) is 6.20 Å². The molecule has 6 nitrogen and oxygen atoms in total. The van der Waals surface area contributed by atoms with Gasteiger partial charge < -0.3 is 9.67 Å². The minimum Gasteiger partial charge on any atom is -0.481 e. The van der Waals surface area contributed by atoms with E-state index >= 15 is 0 Å². The van der Waals surface area contributed by atoms with Crippen LogP contribution in [0.1, 0.15) is 48.4 Å². The number of carboxylic acids is 1. The van der Waals surface area contributed by atoms with E-state index in [2.05, 4.69) is 4.98 Å². The molecule has 2 aliphatic rings. The number of imidazole rings is 1. The fourth-order valence-electron chi connectivity index (χ4n) is 3.12. The Balaban J connectivity index is 2.04. The van der Waals surface area contributed by atoms with Gasteiger partial charge in [-0.3, -0.25) is 4.79 Å². The molecule has 1 fully saturated rings. The number of hydrogen-bond acceptors (Lipinski definition) is 4. The number of hydrogen-bond donors (Lipinski definition) is 1. The Kier molecular flexibility index (Phi) is 2.88. The van der Waals surface area contributed by atoms with Gasteiger partial charge in [-0.25, -0.2) is 13.4 Å². The van der Waals surface area contributed by atoms with Gasteiger partial charge in [0.25, 0.3) is 0 Å². The van der Waals surface area contributed by atoms with Gasteiger partial charge in [0.15, 0.2) is 9.84 Å². The highest BCUT2D eigenvalue weighted by Crippen LogP contribution is 2.37. The van der Waals surface area contributed by atoms with E-state index in [1.807, 2.05) is 4.57 Å². The van der Waals surface area contributed by atoms with Gasteiger partial charge in [-0.1, -0.05) is 0 Å². The van der Waals surface area contributed by atoms with Crippen molar-refractivity contribution in [1.29, 1.82) is 0 Å². The molecule has 1 aromatic heterocycles. The Hall–Kier alpha value is -1.37. The molecule has 19 heavy (non-hydrogen) atoms. The molecule has 0 aromatic carbocycles. The Labute approximate surface area is 111 Å². The minimum atomic E-state index is -3.11. The monoisotopic (exact) mass is 284 g/mol. The third-order valence-corrected chi connectivity index (χ3v) is 6.23. The molecular formula is C12H16N2O4S. The summed E-state index contributed by atoms with van der Waals surface area (Å²) >= 11 is 0. The maximum absolute atomic E-state index is 12.0. The normalized spacial score (nSPS) is 29.1. The maximum Gasteiger partial charge on any atom is 0.312 e. The SMILES string of the molecule is O=C(O)C1CCCn2c1cnc2C1CCCS1(=O)=O. The van der Waals surface area contributed by atoms with Crippen molar-refractivity contribution in [2.75, 3.05) is 5.75 Å². The lowest BCUT2D eigenvalue weighted by Crippen LogP contribution is -2.24. The first-order chi connectivity index (χ1) is 9.00. The van der Waals surface area contributed by atoms with Crippen LogP contribution < -0.4 is 0 Å². The van der Waals surface area contributed by atoms with E-state index in [0.717, 1.165) is 6.42 Å². The lowest BCUT2D eigenvalue weighted by Gasteiger charge is -2.23. The van der Waals surface area contributed by atoms with Crippen molar-refractivity contribution >= 4 is 15.8 Å².